The second-order valence-electron chi connectivity index (χ2n) is 2.82. The Morgan fingerprint density at radius 1 is 1.18 bits per heavy atom. The van der Waals surface area contributed by atoms with Crippen LogP contribution in [0.4, 0.5) is 0 Å². The maximum Gasteiger partial charge on any atom is 0.00959 e. The third-order valence-corrected chi connectivity index (χ3v) is 1.61. The number of nitrogens with zero attached hydrogens (tertiary/aromatic N) is 1. The van der Waals surface area contributed by atoms with E-state index in [2.05, 4.69) is 30.6 Å². The normalized spacial score (nSPS) is 13.1. The highest BCUT2D eigenvalue weighted by Crippen LogP contribution is 1.99. The molecule has 0 radical (unpaired) electrons. The van der Waals surface area contributed by atoms with Crippen LogP contribution in [0.15, 0.2) is 36.1 Å². The monoisotopic (exact) mass is 151 g/mol. The molecule has 0 aromatic carbocycles. The minimum Gasteiger partial charge on any atom is -0.381 e. The van der Waals surface area contributed by atoms with Gasteiger partial charge < -0.3 is 4.90 Å². The van der Waals surface area contributed by atoms with Gasteiger partial charge in [0.1, 0.15) is 0 Å². The van der Waals surface area contributed by atoms with Crippen LogP contribution < -0.4 is 0 Å². The summed E-state index contributed by atoms with van der Waals surface area (Å²) in [5, 5.41) is 0. The fraction of sp³-hybridized carbons (Fsp3) is 0.400. The minimum atomic E-state index is 1.19. The van der Waals surface area contributed by atoms with E-state index in [4.69, 9.17) is 0 Å². The van der Waals surface area contributed by atoms with E-state index in [1.807, 2.05) is 27.1 Å². The zero-order valence-corrected chi connectivity index (χ0v) is 7.89. The van der Waals surface area contributed by atoms with Crippen molar-refractivity contribution in [2.75, 3.05) is 14.1 Å². The van der Waals surface area contributed by atoms with E-state index < -0.39 is 0 Å². The average Bonchev–Trinajstić information content (AvgIpc) is 1.99. The molecule has 0 heterocycles. The average molecular weight is 151 g/mol. The van der Waals surface area contributed by atoms with Gasteiger partial charge in [-0.2, -0.15) is 0 Å². The van der Waals surface area contributed by atoms with Crippen LogP contribution in [0.5, 0.6) is 0 Å². The fourth-order valence-electron chi connectivity index (χ4n) is 0.469. The van der Waals surface area contributed by atoms with E-state index >= 15 is 0 Å². The molecule has 0 aromatic rings. The van der Waals surface area contributed by atoms with E-state index in [1.54, 1.807) is 0 Å². The molecule has 0 spiro atoms. The molecule has 1 heteroatoms. The van der Waals surface area contributed by atoms with Crippen LogP contribution in [0.1, 0.15) is 13.8 Å². The van der Waals surface area contributed by atoms with Gasteiger partial charge in [-0.05, 0) is 19.9 Å². The summed E-state index contributed by atoms with van der Waals surface area (Å²) in [6.07, 6.45) is 5.98. The Bertz CT molecular complexity index is 185. The predicted molar refractivity (Wildman–Crippen MR) is 51.4 cm³/mol. The highest BCUT2D eigenvalue weighted by molar-refractivity contribution is 5.21. The van der Waals surface area contributed by atoms with Crippen molar-refractivity contribution in [1.29, 1.82) is 0 Å². The number of rotatable bonds is 3. The predicted octanol–water partition coefficient (Wildman–Crippen LogP) is 2.58. The van der Waals surface area contributed by atoms with E-state index in [-0.39, 0.29) is 0 Å². The van der Waals surface area contributed by atoms with Gasteiger partial charge in [0.25, 0.3) is 0 Å². The zero-order chi connectivity index (χ0) is 8.85. The zero-order valence-electron chi connectivity index (χ0n) is 7.89. The maximum atomic E-state index is 3.67. The smallest absolute Gasteiger partial charge is 0.00959 e. The molecule has 0 aliphatic rings. The van der Waals surface area contributed by atoms with E-state index in [0.29, 0.717) is 0 Å². The number of allylic oxidation sites excluding steroid dienone is 5. The first-order chi connectivity index (χ1) is 5.07. The van der Waals surface area contributed by atoms with Gasteiger partial charge in [-0.3, -0.25) is 0 Å². The lowest BCUT2D eigenvalue weighted by molar-refractivity contribution is 0.514. The fourth-order valence-corrected chi connectivity index (χ4v) is 0.469. The van der Waals surface area contributed by atoms with Gasteiger partial charge in [0.2, 0.25) is 0 Å². The van der Waals surface area contributed by atoms with Gasteiger partial charge in [0.05, 0.1) is 0 Å². The van der Waals surface area contributed by atoms with Crippen LogP contribution in [-0.2, 0) is 0 Å². The van der Waals surface area contributed by atoms with Crippen molar-refractivity contribution in [2.45, 2.75) is 13.8 Å². The molecule has 0 atom stereocenters. The largest absolute Gasteiger partial charge is 0.381 e. The number of hydrogen-bond acceptors (Lipinski definition) is 1. The van der Waals surface area contributed by atoms with Gasteiger partial charge in [-0.25, -0.2) is 0 Å². The molecule has 0 unspecified atom stereocenters. The Kier molecular flexibility index (Phi) is 4.35. The van der Waals surface area contributed by atoms with Crippen LogP contribution in [-0.4, -0.2) is 19.0 Å². The summed E-state index contributed by atoms with van der Waals surface area (Å²) in [6, 6.07) is 0. The summed E-state index contributed by atoms with van der Waals surface area (Å²) in [6.45, 7) is 7.78. The van der Waals surface area contributed by atoms with Crippen LogP contribution in [0, 0.1) is 0 Å². The molecular weight excluding hydrogens is 134 g/mol. The standard InChI is InChI=1S/C10H17N/c1-6-9(2)7-8-10(3)11(4)5/h6-8H,1H2,2-5H3/b9-7+,10-8+. The molecule has 0 bridgehead atoms. The van der Waals surface area contributed by atoms with Crippen LogP contribution >= 0.6 is 0 Å². The highest BCUT2D eigenvalue weighted by atomic mass is 15.1. The second kappa shape index (κ2) is 4.78. The molecule has 0 N–H and O–H groups in total. The Balaban J connectivity index is 4.22. The van der Waals surface area contributed by atoms with Crippen molar-refractivity contribution in [3.63, 3.8) is 0 Å². The molecule has 0 aliphatic heterocycles. The van der Waals surface area contributed by atoms with Crippen molar-refractivity contribution in [2.24, 2.45) is 0 Å². The Hall–Kier alpha value is -0.980. The highest BCUT2D eigenvalue weighted by Gasteiger charge is 1.86. The first-order valence-electron chi connectivity index (χ1n) is 3.73. The maximum absolute atomic E-state index is 3.67. The van der Waals surface area contributed by atoms with Crippen molar-refractivity contribution >= 4 is 0 Å². The minimum absolute atomic E-state index is 1.19. The van der Waals surface area contributed by atoms with Crippen molar-refractivity contribution in [3.05, 3.63) is 36.1 Å². The first kappa shape index (κ1) is 10.0. The van der Waals surface area contributed by atoms with E-state index in [9.17, 15) is 0 Å². The summed E-state index contributed by atoms with van der Waals surface area (Å²) >= 11 is 0. The molecule has 0 aromatic heterocycles. The summed E-state index contributed by atoms with van der Waals surface area (Å²) in [7, 11) is 4.06. The third-order valence-electron chi connectivity index (χ3n) is 1.61. The summed E-state index contributed by atoms with van der Waals surface area (Å²) in [5.41, 5.74) is 2.43. The van der Waals surface area contributed by atoms with Crippen molar-refractivity contribution in [3.8, 4) is 0 Å². The second-order valence-corrected chi connectivity index (χ2v) is 2.82. The topological polar surface area (TPSA) is 3.24 Å². The van der Waals surface area contributed by atoms with Gasteiger partial charge in [-0.15, -0.1) is 0 Å². The van der Waals surface area contributed by atoms with Crippen molar-refractivity contribution < 1.29 is 0 Å². The summed E-state index contributed by atoms with van der Waals surface area (Å²) < 4.78 is 0. The Labute approximate surface area is 69.7 Å². The molecule has 1 nitrogen and oxygen atoms in total. The van der Waals surface area contributed by atoms with Crippen LogP contribution in [0.25, 0.3) is 0 Å². The van der Waals surface area contributed by atoms with Crippen molar-refractivity contribution in [1.82, 2.24) is 4.90 Å². The first-order valence-corrected chi connectivity index (χ1v) is 3.73. The molecule has 0 amide bonds. The lowest BCUT2D eigenvalue weighted by Crippen LogP contribution is -2.07. The summed E-state index contributed by atoms with van der Waals surface area (Å²) in [5.74, 6) is 0. The molecule has 0 fully saturated rings. The Morgan fingerprint density at radius 3 is 2.09 bits per heavy atom. The number of hydrogen-bond donors (Lipinski definition) is 0. The van der Waals surface area contributed by atoms with Gasteiger partial charge >= 0.3 is 0 Å². The molecule has 0 aliphatic carbocycles. The summed E-state index contributed by atoms with van der Waals surface area (Å²) in [4.78, 5) is 2.08. The molecule has 62 valence electrons. The molecular formula is C10H17N. The molecule has 0 saturated heterocycles. The van der Waals surface area contributed by atoms with Gasteiger partial charge in [-0.1, -0.05) is 24.3 Å². The van der Waals surface area contributed by atoms with E-state index in [0.717, 1.165) is 0 Å². The molecule has 0 saturated carbocycles. The third kappa shape index (κ3) is 4.43. The van der Waals surface area contributed by atoms with Crippen LogP contribution in [0.2, 0.25) is 0 Å². The lowest BCUT2D eigenvalue weighted by atomic mass is 10.2. The van der Waals surface area contributed by atoms with E-state index in [1.165, 1.54) is 11.3 Å². The SMILES string of the molecule is C=C/C(C)=C/C=C(\C)N(C)C. The molecule has 0 rings (SSSR count). The Morgan fingerprint density at radius 2 is 1.73 bits per heavy atom. The van der Waals surface area contributed by atoms with Gasteiger partial charge in [0.15, 0.2) is 0 Å². The quantitative estimate of drug-likeness (QED) is 0.560. The lowest BCUT2D eigenvalue weighted by Gasteiger charge is -2.11. The van der Waals surface area contributed by atoms with Gasteiger partial charge in [0, 0.05) is 19.8 Å². The van der Waals surface area contributed by atoms with Crippen LogP contribution in [0.3, 0.4) is 0 Å². The molecule has 11 heavy (non-hydrogen) atoms.